The molecule has 0 fully saturated rings. The highest BCUT2D eigenvalue weighted by atomic mass is 16.5. The van der Waals surface area contributed by atoms with Gasteiger partial charge in [-0.15, -0.1) is 0 Å². The van der Waals surface area contributed by atoms with Crippen LogP contribution in [0, 0.1) is 0 Å². The average molecular weight is 182 g/mol. The number of carbonyl (C=O) groups excluding carboxylic acids is 1. The molecule has 0 aromatic heterocycles. The SMILES string of the molecule is C=C1CCC(C(=O)OCC)=C(C)O1. The normalized spacial score (nSPS) is 16.9. The van der Waals surface area contributed by atoms with Crippen LogP contribution in [-0.2, 0) is 14.3 Å². The molecule has 0 spiro atoms. The van der Waals surface area contributed by atoms with Crippen molar-refractivity contribution in [2.24, 2.45) is 0 Å². The molecule has 0 radical (unpaired) electrons. The van der Waals surface area contributed by atoms with E-state index < -0.39 is 0 Å². The smallest absolute Gasteiger partial charge is 0.337 e. The van der Waals surface area contributed by atoms with Crippen molar-refractivity contribution in [1.29, 1.82) is 0 Å². The Morgan fingerprint density at radius 1 is 1.62 bits per heavy atom. The van der Waals surface area contributed by atoms with Crippen LogP contribution in [0.2, 0.25) is 0 Å². The van der Waals surface area contributed by atoms with E-state index in [1.165, 1.54) is 0 Å². The lowest BCUT2D eigenvalue weighted by Crippen LogP contribution is -2.14. The minimum Gasteiger partial charge on any atom is -0.466 e. The molecule has 1 heterocycles. The molecule has 0 bridgehead atoms. The number of rotatable bonds is 2. The van der Waals surface area contributed by atoms with Crippen LogP contribution < -0.4 is 0 Å². The summed E-state index contributed by atoms with van der Waals surface area (Å²) in [6.45, 7) is 7.64. The molecule has 0 aromatic carbocycles. The van der Waals surface area contributed by atoms with Crippen LogP contribution in [0.15, 0.2) is 23.7 Å². The van der Waals surface area contributed by atoms with Crippen molar-refractivity contribution in [1.82, 2.24) is 0 Å². The molecule has 1 rings (SSSR count). The quantitative estimate of drug-likeness (QED) is 0.614. The summed E-state index contributed by atoms with van der Waals surface area (Å²) < 4.78 is 10.1. The van der Waals surface area contributed by atoms with Gasteiger partial charge in [0.15, 0.2) is 0 Å². The van der Waals surface area contributed by atoms with Gasteiger partial charge in [0.25, 0.3) is 0 Å². The molecule has 13 heavy (non-hydrogen) atoms. The van der Waals surface area contributed by atoms with E-state index in [1.807, 2.05) is 0 Å². The van der Waals surface area contributed by atoms with Gasteiger partial charge in [0, 0.05) is 6.42 Å². The van der Waals surface area contributed by atoms with Crippen molar-refractivity contribution in [2.75, 3.05) is 6.61 Å². The largest absolute Gasteiger partial charge is 0.466 e. The van der Waals surface area contributed by atoms with Gasteiger partial charge >= 0.3 is 5.97 Å². The molecule has 0 saturated heterocycles. The zero-order chi connectivity index (χ0) is 9.84. The first-order valence-corrected chi connectivity index (χ1v) is 4.37. The summed E-state index contributed by atoms with van der Waals surface area (Å²) in [6.07, 6.45) is 1.37. The molecule has 0 aliphatic carbocycles. The summed E-state index contributed by atoms with van der Waals surface area (Å²) in [7, 11) is 0. The Morgan fingerprint density at radius 2 is 2.31 bits per heavy atom. The number of hydrogen-bond donors (Lipinski definition) is 0. The lowest BCUT2D eigenvalue weighted by Gasteiger charge is -2.18. The van der Waals surface area contributed by atoms with E-state index in [-0.39, 0.29) is 5.97 Å². The van der Waals surface area contributed by atoms with Crippen molar-refractivity contribution in [3.8, 4) is 0 Å². The van der Waals surface area contributed by atoms with E-state index in [0.29, 0.717) is 36.5 Å². The first kappa shape index (κ1) is 9.84. The molecule has 1 aliphatic rings. The van der Waals surface area contributed by atoms with Gasteiger partial charge < -0.3 is 9.47 Å². The maximum absolute atomic E-state index is 11.3. The van der Waals surface area contributed by atoms with Crippen LogP contribution in [0.3, 0.4) is 0 Å². The van der Waals surface area contributed by atoms with E-state index in [1.54, 1.807) is 13.8 Å². The number of carbonyl (C=O) groups is 1. The third kappa shape index (κ3) is 2.34. The molecule has 0 amide bonds. The minimum atomic E-state index is -0.271. The highest BCUT2D eigenvalue weighted by molar-refractivity contribution is 5.89. The average Bonchev–Trinajstić information content (AvgIpc) is 2.04. The van der Waals surface area contributed by atoms with Gasteiger partial charge in [-0.1, -0.05) is 6.58 Å². The highest BCUT2D eigenvalue weighted by Gasteiger charge is 2.20. The summed E-state index contributed by atoms with van der Waals surface area (Å²) in [5.74, 6) is 1.06. The van der Waals surface area contributed by atoms with Crippen molar-refractivity contribution in [2.45, 2.75) is 26.7 Å². The standard InChI is InChI=1S/C10H14O3/c1-4-12-10(11)9-6-5-7(2)13-8(9)3/h2,4-6H2,1,3H3. The topological polar surface area (TPSA) is 35.5 Å². The number of ether oxygens (including phenoxy) is 2. The zero-order valence-corrected chi connectivity index (χ0v) is 8.05. The Balaban J connectivity index is 2.73. The van der Waals surface area contributed by atoms with Crippen LogP contribution in [-0.4, -0.2) is 12.6 Å². The predicted octanol–water partition coefficient (Wildman–Crippen LogP) is 2.15. The van der Waals surface area contributed by atoms with Crippen LogP contribution in [0.25, 0.3) is 0 Å². The maximum atomic E-state index is 11.3. The molecule has 0 unspecified atom stereocenters. The lowest BCUT2D eigenvalue weighted by molar-refractivity contribution is -0.139. The van der Waals surface area contributed by atoms with Crippen molar-refractivity contribution in [3.05, 3.63) is 23.7 Å². The number of esters is 1. The fraction of sp³-hybridized carbons (Fsp3) is 0.500. The highest BCUT2D eigenvalue weighted by Crippen LogP contribution is 2.25. The third-order valence-electron chi connectivity index (χ3n) is 1.90. The third-order valence-corrected chi connectivity index (χ3v) is 1.90. The Bertz CT molecular complexity index is 263. The molecule has 3 heteroatoms. The van der Waals surface area contributed by atoms with Gasteiger partial charge in [-0.05, 0) is 20.3 Å². The Kier molecular flexibility index (Phi) is 3.12. The first-order valence-electron chi connectivity index (χ1n) is 4.37. The van der Waals surface area contributed by atoms with Gasteiger partial charge in [-0.2, -0.15) is 0 Å². The van der Waals surface area contributed by atoms with Gasteiger partial charge in [-0.25, -0.2) is 4.79 Å². The van der Waals surface area contributed by atoms with Gasteiger partial charge in [0.05, 0.1) is 17.9 Å². The minimum absolute atomic E-state index is 0.271. The van der Waals surface area contributed by atoms with Gasteiger partial charge in [-0.3, -0.25) is 0 Å². The predicted molar refractivity (Wildman–Crippen MR) is 48.8 cm³/mol. The molecule has 0 atom stereocenters. The molecule has 0 N–H and O–H groups in total. The summed E-state index contributed by atoms with van der Waals surface area (Å²) in [5.41, 5.74) is 0.634. The van der Waals surface area contributed by atoms with Crippen LogP contribution in [0.4, 0.5) is 0 Å². The fourth-order valence-electron chi connectivity index (χ4n) is 1.23. The molecule has 72 valence electrons. The second-order valence-corrected chi connectivity index (χ2v) is 2.90. The first-order chi connectivity index (χ1) is 6.15. The Labute approximate surface area is 78.0 Å². The second-order valence-electron chi connectivity index (χ2n) is 2.90. The Hall–Kier alpha value is -1.25. The van der Waals surface area contributed by atoms with Gasteiger partial charge in [0.1, 0.15) is 5.76 Å². The van der Waals surface area contributed by atoms with E-state index >= 15 is 0 Å². The molecular weight excluding hydrogens is 168 g/mol. The molecule has 3 nitrogen and oxygen atoms in total. The summed E-state index contributed by atoms with van der Waals surface area (Å²) in [4.78, 5) is 11.3. The monoisotopic (exact) mass is 182 g/mol. The maximum Gasteiger partial charge on any atom is 0.337 e. The van der Waals surface area contributed by atoms with Crippen LogP contribution in [0.1, 0.15) is 26.7 Å². The summed E-state index contributed by atoms with van der Waals surface area (Å²) in [6, 6.07) is 0. The fourth-order valence-corrected chi connectivity index (χ4v) is 1.23. The molecule has 0 aromatic rings. The summed E-state index contributed by atoms with van der Waals surface area (Å²) >= 11 is 0. The van der Waals surface area contributed by atoms with E-state index in [0.717, 1.165) is 0 Å². The number of allylic oxidation sites excluding steroid dienone is 2. The van der Waals surface area contributed by atoms with Crippen LogP contribution >= 0.6 is 0 Å². The summed E-state index contributed by atoms with van der Waals surface area (Å²) in [5, 5.41) is 0. The Morgan fingerprint density at radius 3 is 2.85 bits per heavy atom. The van der Waals surface area contributed by atoms with E-state index in [9.17, 15) is 4.79 Å². The van der Waals surface area contributed by atoms with E-state index in [2.05, 4.69) is 6.58 Å². The molecular formula is C10H14O3. The molecule has 1 aliphatic heterocycles. The van der Waals surface area contributed by atoms with Crippen molar-refractivity contribution < 1.29 is 14.3 Å². The molecule has 0 saturated carbocycles. The second kappa shape index (κ2) is 4.12. The van der Waals surface area contributed by atoms with Gasteiger partial charge in [0.2, 0.25) is 0 Å². The van der Waals surface area contributed by atoms with Crippen molar-refractivity contribution >= 4 is 5.97 Å². The zero-order valence-electron chi connectivity index (χ0n) is 8.05. The van der Waals surface area contributed by atoms with E-state index in [4.69, 9.17) is 9.47 Å². The lowest BCUT2D eigenvalue weighted by atomic mass is 10.1. The van der Waals surface area contributed by atoms with Crippen molar-refractivity contribution in [3.63, 3.8) is 0 Å². The number of hydrogen-bond acceptors (Lipinski definition) is 3. The van der Waals surface area contributed by atoms with Crippen LogP contribution in [0.5, 0.6) is 0 Å².